The molecule has 0 N–H and O–H groups in total. The van der Waals surface area contributed by atoms with Crippen LogP contribution in [-0.2, 0) is 0 Å². The van der Waals surface area contributed by atoms with Crippen LogP contribution in [0.5, 0.6) is 0 Å². The van der Waals surface area contributed by atoms with Crippen LogP contribution in [0.3, 0.4) is 0 Å². The molecule has 0 atom stereocenters. The summed E-state index contributed by atoms with van der Waals surface area (Å²) in [5, 5.41) is 24.6. The van der Waals surface area contributed by atoms with Crippen molar-refractivity contribution < 1.29 is 4.42 Å². The molecule has 0 saturated carbocycles. The topological polar surface area (TPSA) is 104 Å². The third-order valence-corrected chi connectivity index (χ3v) is 12.4. The summed E-state index contributed by atoms with van der Waals surface area (Å²) in [6, 6.07) is 73.8. The maximum atomic E-state index is 10.2. The Morgan fingerprint density at radius 3 is 1.45 bits per heavy atom. The van der Waals surface area contributed by atoms with Gasteiger partial charge < -0.3 is 8.98 Å². The minimum absolute atomic E-state index is 0.489. The molecule has 12 aromatic rings. The Kier molecular flexibility index (Phi) is 9.12. The minimum Gasteiger partial charge on any atom is -0.455 e. The standard InChI is InChI=1S/C59H34N6O/c60-35-42-18-7-9-20-44(42)40-26-29-47-48-30-27-41(45-21-10-8-19-43(45)36-61)34-54(48)65(53(47)33-40)52-31-28-39(46-23-13-24-50-49-22-11-12-25-55(49)66-56(46)50)32-51(52)59-63-57(37-14-3-1-4-15-37)62-58(64-59)38-16-5-2-6-17-38/h1-34H. The lowest BCUT2D eigenvalue weighted by molar-refractivity contribution is 0.670. The lowest BCUT2D eigenvalue weighted by atomic mass is 9.98. The van der Waals surface area contributed by atoms with Crippen molar-refractivity contribution in [2.24, 2.45) is 0 Å². The highest BCUT2D eigenvalue weighted by atomic mass is 16.3. The van der Waals surface area contributed by atoms with Crippen molar-refractivity contribution in [3.63, 3.8) is 0 Å². The molecule has 0 spiro atoms. The lowest BCUT2D eigenvalue weighted by Gasteiger charge is -2.17. The fourth-order valence-corrected chi connectivity index (χ4v) is 9.26. The van der Waals surface area contributed by atoms with Crippen LogP contribution in [-0.4, -0.2) is 19.5 Å². The van der Waals surface area contributed by atoms with Gasteiger partial charge in [-0.1, -0.05) is 164 Å². The molecule has 0 unspecified atom stereocenters. The summed E-state index contributed by atoms with van der Waals surface area (Å²) < 4.78 is 8.89. The third kappa shape index (κ3) is 6.39. The summed E-state index contributed by atoms with van der Waals surface area (Å²) in [6.45, 7) is 0. The summed E-state index contributed by atoms with van der Waals surface area (Å²) >= 11 is 0. The summed E-state index contributed by atoms with van der Waals surface area (Å²) in [7, 11) is 0. The van der Waals surface area contributed by atoms with Crippen LogP contribution in [0.25, 0.3) is 117 Å². The Bertz CT molecular complexity index is 3790. The van der Waals surface area contributed by atoms with E-state index in [1.807, 2.05) is 127 Å². The normalized spacial score (nSPS) is 11.3. The van der Waals surface area contributed by atoms with Gasteiger partial charge in [-0.3, -0.25) is 0 Å². The molecule has 3 aromatic heterocycles. The Balaban J connectivity index is 1.20. The Morgan fingerprint density at radius 1 is 0.364 bits per heavy atom. The van der Waals surface area contributed by atoms with Gasteiger partial charge in [0.15, 0.2) is 17.5 Å². The zero-order valence-electron chi connectivity index (χ0n) is 35.2. The minimum atomic E-state index is 0.489. The summed E-state index contributed by atoms with van der Waals surface area (Å²) in [5.41, 5.74) is 13.3. The number of rotatable bonds is 7. The number of fused-ring (bicyclic) bond motifs is 6. The van der Waals surface area contributed by atoms with E-state index in [2.05, 4.69) is 95.6 Å². The van der Waals surface area contributed by atoms with Crippen molar-refractivity contribution in [3.8, 4) is 85.4 Å². The zero-order chi connectivity index (χ0) is 44.1. The fraction of sp³-hybridized carbons (Fsp3) is 0. The SMILES string of the molecule is N#Cc1ccccc1-c1ccc2c3ccc(-c4ccccc4C#N)cc3n(-c3ccc(-c4cccc5c4oc4ccccc45)cc3-c3nc(-c4ccccc4)nc(-c4ccccc4)n3)c2c1. The number of nitriles is 2. The van der Waals surface area contributed by atoms with Gasteiger partial charge in [0.05, 0.1) is 40.0 Å². The van der Waals surface area contributed by atoms with Gasteiger partial charge in [0.25, 0.3) is 0 Å². The largest absolute Gasteiger partial charge is 0.455 e. The van der Waals surface area contributed by atoms with Gasteiger partial charge in [0.1, 0.15) is 11.2 Å². The van der Waals surface area contributed by atoms with Crippen LogP contribution in [0, 0.1) is 22.7 Å². The molecule has 0 aliphatic rings. The van der Waals surface area contributed by atoms with Gasteiger partial charge in [-0.2, -0.15) is 10.5 Å². The van der Waals surface area contributed by atoms with E-state index in [4.69, 9.17) is 19.4 Å². The van der Waals surface area contributed by atoms with Crippen molar-refractivity contribution in [1.82, 2.24) is 19.5 Å². The second-order valence-electron chi connectivity index (χ2n) is 16.2. The number of benzene rings is 9. The smallest absolute Gasteiger partial charge is 0.166 e. The molecule has 7 heteroatoms. The van der Waals surface area contributed by atoms with E-state index >= 15 is 0 Å². The average Bonchev–Trinajstić information content (AvgIpc) is 3.94. The second kappa shape index (κ2) is 15.7. The molecule has 0 bridgehead atoms. The van der Waals surface area contributed by atoms with Crippen LogP contribution in [0.1, 0.15) is 11.1 Å². The molecule has 66 heavy (non-hydrogen) atoms. The quantitative estimate of drug-likeness (QED) is 0.158. The molecular formula is C59H34N6O. The number of aromatic nitrogens is 4. The van der Waals surface area contributed by atoms with E-state index in [1.165, 1.54) is 0 Å². The molecule has 0 fully saturated rings. The average molecular weight is 843 g/mol. The predicted octanol–water partition coefficient (Wildman–Crippen LogP) is 14.6. The van der Waals surface area contributed by atoms with E-state index in [1.54, 1.807) is 0 Å². The molecule has 0 saturated heterocycles. The number of para-hydroxylation sites is 2. The monoisotopic (exact) mass is 842 g/mol. The first-order valence-electron chi connectivity index (χ1n) is 21.6. The number of hydrogen-bond donors (Lipinski definition) is 0. The summed E-state index contributed by atoms with van der Waals surface area (Å²) in [5.74, 6) is 1.58. The van der Waals surface area contributed by atoms with E-state index in [9.17, 15) is 10.5 Å². The Hall–Kier alpha value is -9.43. The van der Waals surface area contributed by atoms with Gasteiger partial charge in [-0.15, -0.1) is 0 Å². The van der Waals surface area contributed by atoms with Crippen molar-refractivity contribution >= 4 is 43.7 Å². The van der Waals surface area contributed by atoms with E-state index < -0.39 is 0 Å². The molecular weight excluding hydrogens is 809 g/mol. The van der Waals surface area contributed by atoms with Crippen molar-refractivity contribution in [3.05, 3.63) is 217 Å². The van der Waals surface area contributed by atoms with Gasteiger partial charge >= 0.3 is 0 Å². The van der Waals surface area contributed by atoms with E-state index in [-0.39, 0.29) is 0 Å². The molecule has 0 radical (unpaired) electrons. The molecule has 3 heterocycles. The van der Waals surface area contributed by atoms with Crippen molar-refractivity contribution in [1.29, 1.82) is 10.5 Å². The first kappa shape index (κ1) is 38.3. The highest BCUT2D eigenvalue weighted by Crippen LogP contribution is 2.43. The van der Waals surface area contributed by atoms with Gasteiger partial charge in [0, 0.05) is 43.8 Å². The van der Waals surface area contributed by atoms with E-state index in [0.717, 1.165) is 99.5 Å². The number of nitrogens with zero attached hydrogens (tertiary/aromatic N) is 6. The Morgan fingerprint density at radius 2 is 0.848 bits per heavy atom. The maximum Gasteiger partial charge on any atom is 0.166 e. The number of hydrogen-bond acceptors (Lipinski definition) is 6. The Labute approximate surface area is 379 Å². The molecule has 9 aromatic carbocycles. The van der Waals surface area contributed by atoms with Crippen LogP contribution < -0.4 is 0 Å². The second-order valence-corrected chi connectivity index (χ2v) is 16.2. The van der Waals surface area contributed by atoms with E-state index in [0.29, 0.717) is 28.6 Å². The summed E-state index contributed by atoms with van der Waals surface area (Å²) in [4.78, 5) is 15.7. The number of furan rings is 1. The van der Waals surface area contributed by atoms with Gasteiger partial charge in [-0.25, -0.2) is 15.0 Å². The first-order valence-corrected chi connectivity index (χ1v) is 21.6. The van der Waals surface area contributed by atoms with Gasteiger partial charge in [-0.05, 0) is 70.3 Å². The molecule has 306 valence electrons. The maximum absolute atomic E-state index is 10.2. The molecule has 0 aliphatic heterocycles. The highest BCUT2D eigenvalue weighted by molar-refractivity contribution is 6.13. The van der Waals surface area contributed by atoms with Crippen LogP contribution in [0.2, 0.25) is 0 Å². The third-order valence-electron chi connectivity index (χ3n) is 12.4. The summed E-state index contributed by atoms with van der Waals surface area (Å²) in [6.07, 6.45) is 0. The lowest BCUT2D eigenvalue weighted by Crippen LogP contribution is -2.04. The van der Waals surface area contributed by atoms with Crippen LogP contribution >= 0.6 is 0 Å². The predicted molar refractivity (Wildman–Crippen MR) is 263 cm³/mol. The van der Waals surface area contributed by atoms with Crippen LogP contribution in [0.4, 0.5) is 0 Å². The molecule has 12 rings (SSSR count). The first-order chi connectivity index (χ1) is 32.6. The zero-order valence-corrected chi connectivity index (χ0v) is 35.2. The van der Waals surface area contributed by atoms with Gasteiger partial charge in [0.2, 0.25) is 0 Å². The highest BCUT2D eigenvalue weighted by Gasteiger charge is 2.23. The van der Waals surface area contributed by atoms with Crippen molar-refractivity contribution in [2.45, 2.75) is 0 Å². The molecule has 7 nitrogen and oxygen atoms in total. The molecule has 0 amide bonds. The van der Waals surface area contributed by atoms with Crippen molar-refractivity contribution in [2.75, 3.05) is 0 Å². The van der Waals surface area contributed by atoms with Crippen LogP contribution in [0.15, 0.2) is 211 Å². The molecule has 0 aliphatic carbocycles. The fourth-order valence-electron chi connectivity index (χ4n) is 9.26.